The van der Waals surface area contributed by atoms with Gasteiger partial charge in [0.15, 0.2) is 0 Å². The molecule has 1 aliphatic rings. The molecule has 1 N–H and O–H groups in total. The molecule has 1 aromatic rings. The maximum atomic E-state index is 11.6. The van der Waals surface area contributed by atoms with E-state index < -0.39 is 10.0 Å². The van der Waals surface area contributed by atoms with Crippen molar-refractivity contribution in [3.05, 3.63) is 18.2 Å². The minimum absolute atomic E-state index is 0.155. The van der Waals surface area contributed by atoms with Crippen LogP contribution in [0.3, 0.4) is 0 Å². The molecule has 20 heavy (non-hydrogen) atoms. The van der Waals surface area contributed by atoms with E-state index in [1.165, 1.54) is 19.9 Å². The first kappa shape index (κ1) is 15.0. The van der Waals surface area contributed by atoms with E-state index in [1.807, 2.05) is 10.8 Å². The lowest BCUT2D eigenvalue weighted by atomic mass is 10.4. The lowest BCUT2D eigenvalue weighted by molar-refractivity contribution is -0.121. The Morgan fingerprint density at radius 1 is 1.55 bits per heavy atom. The van der Waals surface area contributed by atoms with Crippen LogP contribution in [-0.2, 0) is 21.4 Å². The van der Waals surface area contributed by atoms with Crippen LogP contribution in [0.2, 0.25) is 0 Å². The van der Waals surface area contributed by atoms with E-state index in [-0.39, 0.29) is 12.5 Å². The molecule has 8 heteroatoms. The number of rotatable bonds is 7. The molecule has 0 spiro atoms. The van der Waals surface area contributed by atoms with Crippen molar-refractivity contribution in [3.63, 3.8) is 0 Å². The number of hydrogen-bond donors (Lipinski definition) is 1. The number of aromatic nitrogens is 2. The number of amides is 1. The summed E-state index contributed by atoms with van der Waals surface area (Å²) in [7, 11) is -1.93. The number of carbonyl (C=O) groups excluding carboxylic acids is 1. The monoisotopic (exact) mass is 300 g/mol. The van der Waals surface area contributed by atoms with Crippen molar-refractivity contribution in [2.45, 2.75) is 25.3 Å². The fourth-order valence-electron chi connectivity index (χ4n) is 1.90. The standard InChI is InChI=1S/C12H20N4O3S/c1-15(20(2,18)19)9-11(17)13-5-7-16-8-6-14-12(16)10-3-4-10/h6,8,10H,3-5,7,9H2,1-2H3,(H,13,17). The van der Waals surface area contributed by atoms with Gasteiger partial charge in [-0.3, -0.25) is 4.79 Å². The summed E-state index contributed by atoms with van der Waals surface area (Å²) >= 11 is 0. The third kappa shape index (κ3) is 4.04. The lowest BCUT2D eigenvalue weighted by Crippen LogP contribution is -2.38. The van der Waals surface area contributed by atoms with Crippen LogP contribution in [0.15, 0.2) is 12.4 Å². The molecule has 2 rings (SSSR count). The molecule has 7 nitrogen and oxygen atoms in total. The number of carbonyl (C=O) groups is 1. The van der Waals surface area contributed by atoms with E-state index in [4.69, 9.17) is 0 Å². The SMILES string of the molecule is CN(CC(=O)NCCn1ccnc1C1CC1)S(C)(=O)=O. The van der Waals surface area contributed by atoms with Crippen LogP contribution >= 0.6 is 0 Å². The molecule has 0 aliphatic heterocycles. The van der Waals surface area contributed by atoms with Gasteiger partial charge in [0, 0.05) is 38.4 Å². The highest BCUT2D eigenvalue weighted by Gasteiger charge is 2.27. The number of likely N-dealkylation sites (N-methyl/N-ethyl adjacent to an activating group) is 1. The Kier molecular flexibility index (Phi) is 4.44. The van der Waals surface area contributed by atoms with Gasteiger partial charge >= 0.3 is 0 Å². The molecule has 112 valence electrons. The van der Waals surface area contributed by atoms with Crippen LogP contribution in [-0.4, -0.2) is 54.6 Å². The Bertz CT molecular complexity index is 577. The van der Waals surface area contributed by atoms with Gasteiger partial charge in [-0.05, 0) is 12.8 Å². The van der Waals surface area contributed by atoms with Gasteiger partial charge in [0.1, 0.15) is 5.82 Å². The third-order valence-electron chi connectivity index (χ3n) is 3.30. The number of nitrogens with zero attached hydrogens (tertiary/aromatic N) is 3. The van der Waals surface area contributed by atoms with Crippen molar-refractivity contribution in [1.29, 1.82) is 0 Å². The zero-order valence-corrected chi connectivity index (χ0v) is 12.6. The minimum atomic E-state index is -3.32. The van der Waals surface area contributed by atoms with E-state index in [0.29, 0.717) is 19.0 Å². The summed E-state index contributed by atoms with van der Waals surface area (Å²) in [6.07, 6.45) is 7.12. The quantitative estimate of drug-likeness (QED) is 0.754. The molecule has 0 bridgehead atoms. The molecular weight excluding hydrogens is 280 g/mol. The highest BCUT2D eigenvalue weighted by atomic mass is 32.2. The van der Waals surface area contributed by atoms with E-state index in [1.54, 1.807) is 6.20 Å². The second-order valence-corrected chi connectivity index (χ2v) is 7.21. The summed E-state index contributed by atoms with van der Waals surface area (Å²) in [5.41, 5.74) is 0. The van der Waals surface area contributed by atoms with Crippen molar-refractivity contribution in [1.82, 2.24) is 19.2 Å². The smallest absolute Gasteiger partial charge is 0.235 e. The average molecular weight is 300 g/mol. The van der Waals surface area contributed by atoms with Gasteiger partial charge in [-0.2, -0.15) is 4.31 Å². The second-order valence-electron chi connectivity index (χ2n) is 5.12. The number of sulfonamides is 1. The molecule has 1 saturated carbocycles. The van der Waals surface area contributed by atoms with Crippen LogP contribution in [0.25, 0.3) is 0 Å². The average Bonchev–Trinajstić information content (AvgIpc) is 3.08. The van der Waals surface area contributed by atoms with Crippen molar-refractivity contribution in [3.8, 4) is 0 Å². The molecule has 0 atom stereocenters. The summed E-state index contributed by atoms with van der Waals surface area (Å²) < 4.78 is 25.4. The molecular formula is C12H20N4O3S. The summed E-state index contributed by atoms with van der Waals surface area (Å²) in [5, 5.41) is 2.72. The number of hydrogen-bond acceptors (Lipinski definition) is 4. The summed E-state index contributed by atoms with van der Waals surface area (Å²) in [4.78, 5) is 15.9. The Morgan fingerprint density at radius 2 is 2.25 bits per heavy atom. The molecule has 1 aromatic heterocycles. The molecule has 1 fully saturated rings. The highest BCUT2D eigenvalue weighted by molar-refractivity contribution is 7.88. The first-order chi connectivity index (χ1) is 9.38. The topological polar surface area (TPSA) is 84.3 Å². The Labute approximate surface area is 119 Å². The van der Waals surface area contributed by atoms with Crippen molar-refractivity contribution in [2.24, 2.45) is 0 Å². The Balaban J connectivity index is 1.75. The number of nitrogens with one attached hydrogen (secondary N) is 1. The van der Waals surface area contributed by atoms with Crippen molar-refractivity contribution < 1.29 is 13.2 Å². The van der Waals surface area contributed by atoms with Gasteiger partial charge in [0.05, 0.1) is 12.8 Å². The highest BCUT2D eigenvalue weighted by Crippen LogP contribution is 2.38. The molecule has 1 aliphatic carbocycles. The van der Waals surface area contributed by atoms with E-state index >= 15 is 0 Å². The van der Waals surface area contributed by atoms with Crippen LogP contribution in [0.4, 0.5) is 0 Å². The van der Waals surface area contributed by atoms with Gasteiger partial charge in [-0.25, -0.2) is 13.4 Å². The molecule has 1 amide bonds. The van der Waals surface area contributed by atoms with E-state index in [0.717, 1.165) is 16.4 Å². The van der Waals surface area contributed by atoms with Gasteiger partial charge < -0.3 is 9.88 Å². The van der Waals surface area contributed by atoms with E-state index in [2.05, 4.69) is 10.3 Å². The molecule has 0 aromatic carbocycles. The van der Waals surface area contributed by atoms with Gasteiger partial charge in [-0.1, -0.05) is 0 Å². The zero-order valence-electron chi connectivity index (χ0n) is 11.7. The summed E-state index contributed by atoms with van der Waals surface area (Å²) in [6, 6.07) is 0. The van der Waals surface area contributed by atoms with Crippen LogP contribution in [0.5, 0.6) is 0 Å². The fraction of sp³-hybridized carbons (Fsp3) is 0.667. The molecule has 0 unspecified atom stereocenters. The summed E-state index contributed by atoms with van der Waals surface area (Å²) in [6.45, 7) is 0.963. The lowest BCUT2D eigenvalue weighted by Gasteiger charge is -2.14. The largest absolute Gasteiger partial charge is 0.353 e. The minimum Gasteiger partial charge on any atom is -0.353 e. The van der Waals surface area contributed by atoms with Gasteiger partial charge in [0.25, 0.3) is 0 Å². The number of imidazole rings is 1. The Hall–Kier alpha value is -1.41. The predicted octanol–water partition coefficient (Wildman–Crippen LogP) is -0.232. The first-order valence-corrected chi connectivity index (χ1v) is 8.42. The Morgan fingerprint density at radius 3 is 2.85 bits per heavy atom. The normalized spacial score (nSPS) is 15.6. The van der Waals surface area contributed by atoms with Crippen LogP contribution in [0.1, 0.15) is 24.6 Å². The molecule has 0 radical (unpaired) electrons. The first-order valence-electron chi connectivity index (χ1n) is 6.57. The maximum absolute atomic E-state index is 11.6. The van der Waals surface area contributed by atoms with Crippen LogP contribution in [0, 0.1) is 0 Å². The maximum Gasteiger partial charge on any atom is 0.235 e. The van der Waals surface area contributed by atoms with Crippen molar-refractivity contribution in [2.75, 3.05) is 26.4 Å². The van der Waals surface area contributed by atoms with Gasteiger partial charge in [-0.15, -0.1) is 0 Å². The third-order valence-corrected chi connectivity index (χ3v) is 4.56. The molecule has 1 heterocycles. The summed E-state index contributed by atoms with van der Waals surface area (Å²) in [5.74, 6) is 1.34. The fourth-order valence-corrected chi connectivity index (χ4v) is 2.25. The van der Waals surface area contributed by atoms with E-state index in [9.17, 15) is 13.2 Å². The van der Waals surface area contributed by atoms with Gasteiger partial charge in [0.2, 0.25) is 15.9 Å². The van der Waals surface area contributed by atoms with Crippen LogP contribution < -0.4 is 5.32 Å². The second kappa shape index (κ2) is 5.92. The molecule has 0 saturated heterocycles. The zero-order chi connectivity index (χ0) is 14.8. The van der Waals surface area contributed by atoms with Crippen molar-refractivity contribution >= 4 is 15.9 Å². The predicted molar refractivity (Wildman–Crippen MR) is 74.7 cm³/mol.